The van der Waals surface area contributed by atoms with E-state index in [4.69, 9.17) is 0 Å². The summed E-state index contributed by atoms with van der Waals surface area (Å²) < 4.78 is 27.7. The van der Waals surface area contributed by atoms with Crippen molar-refractivity contribution in [1.82, 2.24) is 23.9 Å². The Labute approximate surface area is 152 Å². The van der Waals surface area contributed by atoms with Gasteiger partial charge in [-0.25, -0.2) is 22.2 Å². The van der Waals surface area contributed by atoms with E-state index >= 15 is 0 Å². The summed E-state index contributed by atoms with van der Waals surface area (Å²) in [6.45, 7) is 2.73. The highest BCUT2D eigenvalue weighted by atomic mass is 32.2. The van der Waals surface area contributed by atoms with E-state index in [1.807, 2.05) is 36.7 Å². The second-order valence-electron chi connectivity index (χ2n) is 6.53. The maximum Gasteiger partial charge on any atom is 0.213 e. The third-order valence-corrected chi connectivity index (χ3v) is 6.70. The number of nitrogens with zero attached hydrogens (tertiary/aromatic N) is 5. The van der Waals surface area contributed by atoms with Crippen molar-refractivity contribution in [2.45, 2.75) is 25.7 Å². The van der Waals surface area contributed by atoms with Crippen LogP contribution < -0.4 is 0 Å². The van der Waals surface area contributed by atoms with E-state index in [0.717, 1.165) is 29.6 Å². The Hall–Kier alpha value is -2.32. The lowest BCUT2D eigenvalue weighted by Gasteiger charge is -2.30. The number of hydrogen-bond donors (Lipinski definition) is 0. The first-order chi connectivity index (χ1) is 12.6. The summed E-state index contributed by atoms with van der Waals surface area (Å²) in [5.74, 6) is 0.878. The van der Waals surface area contributed by atoms with Crippen LogP contribution in [0.5, 0.6) is 0 Å². The van der Waals surface area contributed by atoms with E-state index in [9.17, 15) is 8.42 Å². The number of fused-ring (bicyclic) bond motifs is 1. The van der Waals surface area contributed by atoms with Crippen molar-refractivity contribution in [2.24, 2.45) is 0 Å². The van der Waals surface area contributed by atoms with Crippen molar-refractivity contribution in [1.29, 1.82) is 0 Å². The molecular weight excluding hydrogens is 350 g/mol. The van der Waals surface area contributed by atoms with Crippen molar-refractivity contribution in [2.75, 3.05) is 18.8 Å². The van der Waals surface area contributed by atoms with Crippen molar-refractivity contribution in [3.05, 3.63) is 48.7 Å². The lowest BCUT2D eigenvalue weighted by Crippen LogP contribution is -2.40. The van der Waals surface area contributed by atoms with Crippen LogP contribution in [0, 0.1) is 0 Å². The molecule has 0 radical (unpaired) electrons. The number of aromatic nitrogens is 4. The molecule has 1 saturated heterocycles. The van der Waals surface area contributed by atoms with Gasteiger partial charge in [0.2, 0.25) is 10.0 Å². The van der Waals surface area contributed by atoms with Crippen LogP contribution in [0.4, 0.5) is 0 Å². The molecule has 8 heteroatoms. The quantitative estimate of drug-likeness (QED) is 0.703. The highest BCUT2D eigenvalue weighted by Crippen LogP contribution is 2.27. The summed E-state index contributed by atoms with van der Waals surface area (Å²) in [6, 6.07) is 7.83. The second kappa shape index (κ2) is 6.77. The number of hydrogen-bond acceptors (Lipinski definition) is 5. The predicted octanol–water partition coefficient (Wildman–Crippen LogP) is 2.32. The molecule has 3 aromatic rings. The Morgan fingerprint density at radius 2 is 2.12 bits per heavy atom. The number of sulfonamides is 1. The van der Waals surface area contributed by atoms with E-state index in [0.29, 0.717) is 18.9 Å². The standard InChI is InChI=1S/C18H21N5O2S/c1-2-26(24,25)22-10-4-6-16(12-22)18-20-17-8-7-15(13-23(17)21-18)14-5-3-9-19-11-14/h3,5,7-9,11,13,16H,2,4,6,10,12H2,1H3/t16-/m1/s1. The van der Waals surface area contributed by atoms with Gasteiger partial charge in [-0.3, -0.25) is 4.98 Å². The van der Waals surface area contributed by atoms with Gasteiger partial charge in [0.05, 0.1) is 5.75 Å². The van der Waals surface area contributed by atoms with Gasteiger partial charge in [0.25, 0.3) is 0 Å². The zero-order valence-electron chi connectivity index (χ0n) is 14.6. The zero-order chi connectivity index (χ0) is 18.1. The topological polar surface area (TPSA) is 80.5 Å². The maximum atomic E-state index is 12.2. The van der Waals surface area contributed by atoms with Crippen LogP contribution in [-0.4, -0.2) is 51.1 Å². The molecule has 4 heterocycles. The number of pyridine rings is 2. The minimum Gasteiger partial charge on any atom is -0.264 e. The van der Waals surface area contributed by atoms with Crippen molar-refractivity contribution in [3.63, 3.8) is 0 Å². The van der Waals surface area contributed by atoms with Crippen LogP contribution >= 0.6 is 0 Å². The molecule has 1 fully saturated rings. The molecule has 0 spiro atoms. The summed E-state index contributed by atoms with van der Waals surface area (Å²) in [5.41, 5.74) is 2.80. The van der Waals surface area contributed by atoms with Crippen LogP contribution in [0.2, 0.25) is 0 Å². The van der Waals surface area contributed by atoms with Crippen molar-refractivity contribution >= 4 is 15.7 Å². The molecule has 0 bridgehead atoms. The molecule has 0 saturated carbocycles. The fraction of sp³-hybridized carbons (Fsp3) is 0.389. The highest BCUT2D eigenvalue weighted by molar-refractivity contribution is 7.89. The van der Waals surface area contributed by atoms with Crippen LogP contribution in [0.25, 0.3) is 16.8 Å². The van der Waals surface area contributed by atoms with Crippen LogP contribution in [0.15, 0.2) is 42.9 Å². The number of piperidine rings is 1. The SMILES string of the molecule is CCS(=O)(=O)N1CCC[C@@H](c2nc3ccc(-c4cccnc4)cn3n2)C1. The summed E-state index contributed by atoms with van der Waals surface area (Å²) >= 11 is 0. The van der Waals surface area contributed by atoms with Crippen LogP contribution in [0.3, 0.4) is 0 Å². The Kier molecular flexibility index (Phi) is 4.46. The molecule has 0 N–H and O–H groups in total. The first-order valence-electron chi connectivity index (χ1n) is 8.81. The molecular formula is C18H21N5O2S. The summed E-state index contributed by atoms with van der Waals surface area (Å²) in [7, 11) is -3.17. The molecule has 3 aromatic heterocycles. The lowest BCUT2D eigenvalue weighted by molar-refractivity contribution is 0.309. The van der Waals surface area contributed by atoms with Gasteiger partial charge in [-0.1, -0.05) is 6.07 Å². The molecule has 0 amide bonds. The maximum absolute atomic E-state index is 12.2. The van der Waals surface area contributed by atoms with Crippen LogP contribution in [-0.2, 0) is 10.0 Å². The molecule has 1 aliphatic heterocycles. The predicted molar refractivity (Wildman–Crippen MR) is 99.2 cm³/mol. The Balaban J connectivity index is 1.63. The van der Waals surface area contributed by atoms with Gasteiger partial charge in [0.15, 0.2) is 11.5 Å². The molecule has 1 aliphatic rings. The fourth-order valence-corrected chi connectivity index (χ4v) is 4.55. The summed E-state index contributed by atoms with van der Waals surface area (Å²) in [6.07, 6.45) is 7.23. The zero-order valence-corrected chi connectivity index (χ0v) is 15.4. The largest absolute Gasteiger partial charge is 0.264 e. The molecule has 26 heavy (non-hydrogen) atoms. The van der Waals surface area contributed by atoms with Crippen molar-refractivity contribution in [3.8, 4) is 11.1 Å². The van der Waals surface area contributed by atoms with E-state index in [-0.39, 0.29) is 11.7 Å². The molecule has 1 atom stereocenters. The van der Waals surface area contributed by atoms with Crippen molar-refractivity contribution < 1.29 is 8.42 Å². The lowest BCUT2D eigenvalue weighted by atomic mass is 9.99. The van der Waals surface area contributed by atoms with Gasteiger partial charge < -0.3 is 0 Å². The summed E-state index contributed by atoms with van der Waals surface area (Å²) in [5, 5.41) is 4.63. The van der Waals surface area contributed by atoms with Gasteiger partial charge in [-0.2, -0.15) is 5.10 Å². The third-order valence-electron chi connectivity index (χ3n) is 4.85. The molecule has 4 rings (SSSR count). The van der Waals surface area contributed by atoms with Gasteiger partial charge >= 0.3 is 0 Å². The highest BCUT2D eigenvalue weighted by Gasteiger charge is 2.30. The minimum absolute atomic E-state index is 0.0341. The average Bonchev–Trinajstić information content (AvgIpc) is 3.12. The minimum atomic E-state index is -3.17. The molecule has 136 valence electrons. The molecule has 0 unspecified atom stereocenters. The smallest absolute Gasteiger partial charge is 0.213 e. The number of rotatable bonds is 4. The molecule has 7 nitrogen and oxygen atoms in total. The average molecular weight is 371 g/mol. The Morgan fingerprint density at radius 3 is 2.88 bits per heavy atom. The molecule has 0 aliphatic carbocycles. The van der Waals surface area contributed by atoms with E-state index in [2.05, 4.69) is 15.1 Å². The fourth-order valence-electron chi connectivity index (χ4n) is 3.37. The van der Waals surface area contributed by atoms with E-state index in [1.165, 1.54) is 0 Å². The Morgan fingerprint density at radius 1 is 1.23 bits per heavy atom. The van der Waals surface area contributed by atoms with Gasteiger partial charge in [0.1, 0.15) is 0 Å². The normalized spacial score (nSPS) is 19.0. The summed E-state index contributed by atoms with van der Waals surface area (Å²) in [4.78, 5) is 8.78. The van der Waals surface area contributed by atoms with Gasteiger partial charge in [-0.15, -0.1) is 0 Å². The second-order valence-corrected chi connectivity index (χ2v) is 8.79. The van der Waals surface area contributed by atoms with Gasteiger partial charge in [0, 0.05) is 48.7 Å². The van der Waals surface area contributed by atoms with E-state index < -0.39 is 10.0 Å². The van der Waals surface area contributed by atoms with E-state index in [1.54, 1.807) is 21.9 Å². The third kappa shape index (κ3) is 3.22. The molecule has 0 aromatic carbocycles. The first kappa shape index (κ1) is 17.1. The Bertz CT molecular complexity index is 1020. The van der Waals surface area contributed by atoms with Crippen LogP contribution in [0.1, 0.15) is 31.5 Å². The monoisotopic (exact) mass is 371 g/mol. The first-order valence-corrected chi connectivity index (χ1v) is 10.4. The van der Waals surface area contributed by atoms with Gasteiger partial charge in [-0.05, 0) is 38.0 Å².